The molecule has 1 aromatic heterocycles. The maximum absolute atomic E-state index is 13.5. The molecule has 0 atom stereocenters. The molecular formula is C16H21FN4S2. The third kappa shape index (κ3) is 4.94. The number of aromatic nitrogens is 1. The number of hydrogen-bond acceptors (Lipinski definition) is 4. The maximum Gasteiger partial charge on any atom is 0.194 e. The van der Waals surface area contributed by atoms with Gasteiger partial charge in [-0.1, -0.05) is 0 Å². The van der Waals surface area contributed by atoms with Gasteiger partial charge in [-0.3, -0.25) is 4.99 Å². The van der Waals surface area contributed by atoms with Gasteiger partial charge >= 0.3 is 0 Å². The van der Waals surface area contributed by atoms with Crippen molar-refractivity contribution in [2.24, 2.45) is 4.99 Å². The standard InChI is InChI=1S/C16H21FN4S2/c1-11-20-14(10-23-11)9-21(3)16(18-2)19-8-12-7-13(17)5-6-15(12)22-4/h5-7,10H,8-9H2,1-4H3,(H,18,19). The molecule has 0 aliphatic rings. The first-order chi connectivity index (χ1) is 11.0. The highest BCUT2D eigenvalue weighted by Crippen LogP contribution is 2.21. The van der Waals surface area contributed by atoms with E-state index in [0.29, 0.717) is 13.1 Å². The Morgan fingerprint density at radius 1 is 1.48 bits per heavy atom. The monoisotopic (exact) mass is 352 g/mol. The SMILES string of the molecule is CN=C(NCc1cc(F)ccc1SC)N(C)Cc1csc(C)n1. The highest BCUT2D eigenvalue weighted by atomic mass is 32.2. The second kappa shape index (κ2) is 8.31. The summed E-state index contributed by atoms with van der Waals surface area (Å²) in [6.07, 6.45) is 1.99. The van der Waals surface area contributed by atoms with Crippen LogP contribution in [0.4, 0.5) is 4.39 Å². The van der Waals surface area contributed by atoms with Gasteiger partial charge in [-0.25, -0.2) is 9.37 Å². The molecule has 0 bridgehead atoms. The number of thioether (sulfide) groups is 1. The van der Waals surface area contributed by atoms with E-state index in [4.69, 9.17) is 0 Å². The average Bonchev–Trinajstić information content (AvgIpc) is 2.93. The summed E-state index contributed by atoms with van der Waals surface area (Å²) in [5.41, 5.74) is 1.95. The van der Waals surface area contributed by atoms with Gasteiger partial charge in [0.1, 0.15) is 5.82 Å². The van der Waals surface area contributed by atoms with E-state index in [1.165, 1.54) is 6.07 Å². The van der Waals surface area contributed by atoms with Crippen LogP contribution in [0, 0.1) is 12.7 Å². The average molecular weight is 353 g/mol. The lowest BCUT2D eigenvalue weighted by atomic mass is 10.2. The summed E-state index contributed by atoms with van der Waals surface area (Å²) in [7, 11) is 3.71. The van der Waals surface area contributed by atoms with Crippen LogP contribution in [0.1, 0.15) is 16.3 Å². The van der Waals surface area contributed by atoms with Crippen molar-refractivity contribution >= 4 is 29.1 Å². The Hall–Kier alpha value is -1.60. The van der Waals surface area contributed by atoms with Crippen LogP contribution in [0.5, 0.6) is 0 Å². The Bertz CT molecular complexity index is 684. The molecule has 2 aromatic rings. The smallest absolute Gasteiger partial charge is 0.194 e. The molecule has 0 saturated carbocycles. The molecular weight excluding hydrogens is 331 g/mol. The van der Waals surface area contributed by atoms with Crippen LogP contribution >= 0.6 is 23.1 Å². The molecule has 4 nitrogen and oxygen atoms in total. The number of rotatable bonds is 5. The van der Waals surface area contributed by atoms with E-state index in [1.807, 2.05) is 31.2 Å². The molecule has 124 valence electrons. The summed E-state index contributed by atoms with van der Waals surface area (Å²) in [6, 6.07) is 4.86. The quantitative estimate of drug-likeness (QED) is 0.508. The predicted octanol–water partition coefficient (Wildman–Crippen LogP) is 3.52. The van der Waals surface area contributed by atoms with Crippen molar-refractivity contribution in [2.45, 2.75) is 24.9 Å². The van der Waals surface area contributed by atoms with Gasteiger partial charge in [0.05, 0.1) is 17.2 Å². The Labute approximate surface area is 144 Å². The van der Waals surface area contributed by atoms with Gasteiger partial charge in [0.15, 0.2) is 5.96 Å². The minimum absolute atomic E-state index is 0.221. The molecule has 1 N–H and O–H groups in total. The van der Waals surface area contributed by atoms with E-state index in [0.717, 1.165) is 27.1 Å². The van der Waals surface area contributed by atoms with Crippen LogP contribution in [-0.4, -0.2) is 36.2 Å². The topological polar surface area (TPSA) is 40.5 Å². The van der Waals surface area contributed by atoms with Crippen molar-refractivity contribution in [1.29, 1.82) is 0 Å². The first-order valence-corrected chi connectivity index (χ1v) is 9.29. The summed E-state index contributed by atoms with van der Waals surface area (Å²) in [4.78, 5) is 11.8. The molecule has 0 fully saturated rings. The molecule has 1 aromatic carbocycles. The zero-order valence-corrected chi connectivity index (χ0v) is 15.4. The molecule has 0 amide bonds. The molecule has 0 aliphatic carbocycles. The van der Waals surface area contributed by atoms with E-state index >= 15 is 0 Å². The number of aryl methyl sites for hydroxylation is 1. The number of aliphatic imine (C=N–C) groups is 1. The van der Waals surface area contributed by atoms with Gasteiger partial charge in [-0.15, -0.1) is 23.1 Å². The Morgan fingerprint density at radius 3 is 2.87 bits per heavy atom. The molecule has 0 saturated heterocycles. The van der Waals surface area contributed by atoms with Crippen molar-refractivity contribution in [3.63, 3.8) is 0 Å². The summed E-state index contributed by atoms with van der Waals surface area (Å²) in [5, 5.41) is 6.40. The number of nitrogens with one attached hydrogen (secondary N) is 1. The van der Waals surface area contributed by atoms with E-state index in [2.05, 4.69) is 20.7 Å². The van der Waals surface area contributed by atoms with E-state index in [1.54, 1.807) is 36.2 Å². The second-order valence-electron chi connectivity index (χ2n) is 5.07. The summed E-state index contributed by atoms with van der Waals surface area (Å²) in [6.45, 7) is 3.21. The number of halogens is 1. The van der Waals surface area contributed by atoms with Crippen molar-refractivity contribution < 1.29 is 4.39 Å². The van der Waals surface area contributed by atoms with Crippen LogP contribution in [-0.2, 0) is 13.1 Å². The van der Waals surface area contributed by atoms with Crippen LogP contribution < -0.4 is 5.32 Å². The minimum Gasteiger partial charge on any atom is -0.352 e. The fourth-order valence-corrected chi connectivity index (χ4v) is 3.44. The van der Waals surface area contributed by atoms with Crippen molar-refractivity contribution in [2.75, 3.05) is 20.4 Å². The summed E-state index contributed by atoms with van der Waals surface area (Å²) < 4.78 is 13.5. The molecule has 1 heterocycles. The van der Waals surface area contributed by atoms with E-state index in [-0.39, 0.29) is 5.82 Å². The number of hydrogen-bond donors (Lipinski definition) is 1. The van der Waals surface area contributed by atoms with Crippen LogP contribution in [0.2, 0.25) is 0 Å². The molecule has 0 spiro atoms. The lowest BCUT2D eigenvalue weighted by Gasteiger charge is -2.21. The number of guanidine groups is 1. The highest BCUT2D eigenvalue weighted by molar-refractivity contribution is 7.98. The maximum atomic E-state index is 13.5. The number of thiazole rings is 1. The summed E-state index contributed by atoms with van der Waals surface area (Å²) >= 11 is 3.25. The highest BCUT2D eigenvalue weighted by Gasteiger charge is 2.10. The first kappa shape index (κ1) is 17.7. The molecule has 2 rings (SSSR count). The van der Waals surface area contributed by atoms with Crippen molar-refractivity contribution in [3.8, 4) is 0 Å². The predicted molar refractivity (Wildman–Crippen MR) is 96.7 cm³/mol. The Balaban J connectivity index is 2.01. The normalized spacial score (nSPS) is 11.6. The van der Waals surface area contributed by atoms with Gasteiger partial charge in [0, 0.05) is 30.9 Å². The molecule has 0 unspecified atom stereocenters. The zero-order valence-electron chi connectivity index (χ0n) is 13.8. The summed E-state index contributed by atoms with van der Waals surface area (Å²) in [5.74, 6) is 0.535. The first-order valence-electron chi connectivity index (χ1n) is 7.18. The zero-order chi connectivity index (χ0) is 16.8. The van der Waals surface area contributed by atoms with Gasteiger partial charge in [0.25, 0.3) is 0 Å². The van der Waals surface area contributed by atoms with Crippen molar-refractivity contribution in [1.82, 2.24) is 15.2 Å². The van der Waals surface area contributed by atoms with Gasteiger partial charge in [-0.2, -0.15) is 0 Å². The fourth-order valence-electron chi connectivity index (χ4n) is 2.24. The van der Waals surface area contributed by atoms with E-state index in [9.17, 15) is 4.39 Å². The lowest BCUT2D eigenvalue weighted by molar-refractivity contribution is 0.470. The third-order valence-corrected chi connectivity index (χ3v) is 4.98. The second-order valence-corrected chi connectivity index (χ2v) is 6.98. The van der Waals surface area contributed by atoms with Crippen LogP contribution in [0.3, 0.4) is 0 Å². The molecule has 7 heteroatoms. The van der Waals surface area contributed by atoms with E-state index < -0.39 is 0 Å². The van der Waals surface area contributed by atoms with Gasteiger partial charge in [0.2, 0.25) is 0 Å². The molecule has 23 heavy (non-hydrogen) atoms. The third-order valence-electron chi connectivity index (χ3n) is 3.32. The van der Waals surface area contributed by atoms with Crippen LogP contribution in [0.15, 0.2) is 33.5 Å². The largest absolute Gasteiger partial charge is 0.352 e. The molecule has 0 radical (unpaired) electrons. The van der Waals surface area contributed by atoms with Crippen LogP contribution in [0.25, 0.3) is 0 Å². The van der Waals surface area contributed by atoms with Gasteiger partial charge < -0.3 is 10.2 Å². The number of nitrogens with zero attached hydrogens (tertiary/aromatic N) is 3. The van der Waals surface area contributed by atoms with Gasteiger partial charge in [-0.05, 0) is 36.9 Å². The fraction of sp³-hybridized carbons (Fsp3) is 0.375. The number of benzene rings is 1. The Kier molecular flexibility index (Phi) is 6.41. The molecule has 0 aliphatic heterocycles. The lowest BCUT2D eigenvalue weighted by Crippen LogP contribution is -2.38. The minimum atomic E-state index is -0.221. The van der Waals surface area contributed by atoms with Crippen molar-refractivity contribution in [3.05, 3.63) is 45.7 Å². The Morgan fingerprint density at radius 2 is 2.26 bits per heavy atom.